The van der Waals surface area contributed by atoms with Gasteiger partial charge in [0, 0.05) is 0 Å². The molecule has 1 radical (unpaired) electrons. The second-order valence-electron chi connectivity index (χ2n) is 7.12. The minimum absolute atomic E-state index is 0.124. The minimum Gasteiger partial charge on any atom is -0.449 e. The number of benzene rings is 1. The number of epoxide rings is 1. The van der Waals surface area contributed by atoms with E-state index < -0.39 is 61.2 Å². The molecular formula is C20H24F2N3O7. The molecule has 0 bridgehead atoms. The summed E-state index contributed by atoms with van der Waals surface area (Å²) in [5, 5.41) is 4.66. The van der Waals surface area contributed by atoms with Crippen LogP contribution in [0.15, 0.2) is 30.3 Å². The Kier molecular flexibility index (Phi) is 9.02. The molecule has 1 saturated heterocycles. The van der Waals surface area contributed by atoms with Crippen molar-refractivity contribution in [2.45, 2.75) is 37.6 Å². The fourth-order valence-electron chi connectivity index (χ4n) is 2.73. The molecule has 0 aromatic heterocycles. The summed E-state index contributed by atoms with van der Waals surface area (Å²) in [6.07, 6.45) is -0.152. The number of nitrogens with two attached hydrogens (primary N) is 1. The van der Waals surface area contributed by atoms with Crippen molar-refractivity contribution in [2.24, 2.45) is 5.73 Å². The Morgan fingerprint density at radius 2 is 1.84 bits per heavy atom. The lowest BCUT2D eigenvalue weighted by atomic mass is 9.94. The Bertz CT molecular complexity index is 819. The number of hydrogen-bond donors (Lipinski definition) is 3. The molecule has 2 rings (SSSR count). The van der Waals surface area contributed by atoms with Gasteiger partial charge in [0.25, 0.3) is 0 Å². The van der Waals surface area contributed by atoms with E-state index >= 15 is 0 Å². The van der Waals surface area contributed by atoms with Crippen LogP contribution in [0.1, 0.15) is 12.5 Å². The molecule has 0 spiro atoms. The van der Waals surface area contributed by atoms with E-state index in [4.69, 9.17) is 10.5 Å². The lowest BCUT2D eigenvalue weighted by Crippen LogP contribution is -2.55. The number of primary amides is 1. The molecular weight excluding hydrogens is 432 g/mol. The van der Waals surface area contributed by atoms with Gasteiger partial charge in [0.15, 0.2) is 5.78 Å². The summed E-state index contributed by atoms with van der Waals surface area (Å²) in [4.78, 5) is 48.1. The van der Waals surface area contributed by atoms with E-state index in [0.717, 1.165) is 12.0 Å². The van der Waals surface area contributed by atoms with Gasteiger partial charge < -0.3 is 30.6 Å². The zero-order valence-electron chi connectivity index (χ0n) is 17.2. The first-order chi connectivity index (χ1) is 15.1. The Balaban J connectivity index is 2.08. The third-order valence-electron chi connectivity index (χ3n) is 4.53. The van der Waals surface area contributed by atoms with Crippen LogP contribution in [0.5, 0.6) is 0 Å². The highest BCUT2D eigenvalue weighted by Crippen LogP contribution is 2.29. The van der Waals surface area contributed by atoms with Gasteiger partial charge in [-0.15, -0.1) is 0 Å². The van der Waals surface area contributed by atoms with Gasteiger partial charge in [0.1, 0.15) is 18.2 Å². The van der Waals surface area contributed by atoms with Crippen molar-refractivity contribution >= 4 is 23.7 Å². The van der Waals surface area contributed by atoms with Crippen LogP contribution in [0.4, 0.5) is 13.6 Å². The number of hydrogen-bond acceptors (Lipinski definition) is 7. The van der Waals surface area contributed by atoms with Crippen LogP contribution in [-0.2, 0) is 35.0 Å². The van der Waals surface area contributed by atoms with Gasteiger partial charge in [-0.2, -0.15) is 8.78 Å². The molecule has 3 atom stereocenters. The number of ether oxygens (including phenoxy) is 3. The van der Waals surface area contributed by atoms with E-state index in [2.05, 4.69) is 20.1 Å². The number of carbonyl (C=O) groups excluding carboxylic acids is 4. The van der Waals surface area contributed by atoms with Crippen molar-refractivity contribution < 1.29 is 42.2 Å². The molecule has 3 amide bonds. The van der Waals surface area contributed by atoms with Crippen LogP contribution in [0.3, 0.4) is 0 Å². The maximum Gasteiger partial charge on any atom is 0.404 e. The summed E-state index contributed by atoms with van der Waals surface area (Å²) >= 11 is 0. The average Bonchev–Trinajstić information content (AvgIpc) is 3.48. The molecule has 0 aliphatic carbocycles. The van der Waals surface area contributed by atoms with Crippen molar-refractivity contribution in [1.29, 1.82) is 0 Å². The molecule has 0 saturated carbocycles. The van der Waals surface area contributed by atoms with Gasteiger partial charge in [0.2, 0.25) is 11.8 Å². The zero-order chi connectivity index (χ0) is 23.7. The van der Waals surface area contributed by atoms with E-state index in [1.54, 1.807) is 37.3 Å². The van der Waals surface area contributed by atoms with Gasteiger partial charge in [0.05, 0.1) is 25.7 Å². The van der Waals surface area contributed by atoms with Crippen LogP contribution >= 0.6 is 0 Å². The molecule has 0 unspecified atom stereocenters. The Labute approximate surface area is 182 Å². The molecule has 10 nitrogen and oxygen atoms in total. The van der Waals surface area contributed by atoms with E-state index in [1.165, 1.54) is 0 Å². The summed E-state index contributed by atoms with van der Waals surface area (Å²) in [6, 6.07) is 6.24. The lowest BCUT2D eigenvalue weighted by Gasteiger charge is -2.24. The quantitative estimate of drug-likeness (QED) is 0.356. The Morgan fingerprint density at radius 3 is 2.41 bits per heavy atom. The molecule has 4 N–H and O–H groups in total. The number of carbonyl (C=O) groups is 4. The predicted octanol–water partition coefficient (Wildman–Crippen LogP) is 0.0955. The summed E-state index contributed by atoms with van der Waals surface area (Å²) < 4.78 is 38.7. The predicted molar refractivity (Wildman–Crippen MR) is 105 cm³/mol. The van der Waals surface area contributed by atoms with Crippen molar-refractivity contribution in [2.75, 3.05) is 19.8 Å². The van der Waals surface area contributed by atoms with Crippen LogP contribution in [0.25, 0.3) is 0 Å². The number of amides is 3. The molecule has 32 heavy (non-hydrogen) atoms. The molecule has 1 aliphatic rings. The summed E-state index contributed by atoms with van der Waals surface area (Å²) in [5.74, 6) is -2.20. The molecule has 175 valence electrons. The number of Topliss-reactive ketones (excluding diaryl/α,β-unsaturated/α-hetero) is 1. The number of ketones is 1. The molecule has 1 aliphatic heterocycles. The van der Waals surface area contributed by atoms with Gasteiger partial charge in [-0.3, -0.25) is 14.4 Å². The number of rotatable bonds is 13. The number of alkyl halides is 2. The number of nitrogens with one attached hydrogen (secondary N) is 2. The van der Waals surface area contributed by atoms with Crippen molar-refractivity contribution in [3.05, 3.63) is 42.3 Å². The molecule has 12 heteroatoms. The monoisotopic (exact) mass is 456 g/mol. The van der Waals surface area contributed by atoms with Crippen LogP contribution in [0, 0.1) is 6.42 Å². The molecule has 1 heterocycles. The van der Waals surface area contributed by atoms with E-state index in [0.29, 0.717) is 0 Å². The maximum absolute atomic E-state index is 12.8. The highest BCUT2D eigenvalue weighted by Gasteiger charge is 2.50. The van der Waals surface area contributed by atoms with Crippen molar-refractivity contribution in [1.82, 2.24) is 10.6 Å². The largest absolute Gasteiger partial charge is 0.449 e. The first-order valence-electron chi connectivity index (χ1n) is 9.59. The van der Waals surface area contributed by atoms with Gasteiger partial charge >= 0.3 is 12.7 Å². The second-order valence-corrected chi connectivity index (χ2v) is 7.12. The fourth-order valence-corrected chi connectivity index (χ4v) is 2.73. The van der Waals surface area contributed by atoms with Gasteiger partial charge in [-0.1, -0.05) is 30.3 Å². The first-order valence-corrected chi connectivity index (χ1v) is 9.59. The minimum atomic E-state index is -3.19. The maximum atomic E-state index is 12.8. The van der Waals surface area contributed by atoms with Crippen LogP contribution < -0.4 is 16.4 Å². The lowest BCUT2D eigenvalue weighted by molar-refractivity contribution is -0.147. The highest BCUT2D eigenvalue weighted by atomic mass is 19.3. The summed E-state index contributed by atoms with van der Waals surface area (Å²) in [5.41, 5.74) is 4.47. The van der Waals surface area contributed by atoms with Crippen molar-refractivity contribution in [3.8, 4) is 0 Å². The molecule has 1 aromatic carbocycles. The van der Waals surface area contributed by atoms with Crippen LogP contribution in [-0.4, -0.2) is 67.8 Å². The molecule has 1 aromatic rings. The first kappa shape index (κ1) is 25.1. The molecule has 1 fully saturated rings. The topological polar surface area (TPSA) is 149 Å². The van der Waals surface area contributed by atoms with Gasteiger partial charge in [-0.25, -0.2) is 4.79 Å². The standard InChI is InChI=1S/C20H24F2N3O7/c1-20(11-32-20)16(27)13(9-12-5-3-2-4-6-12)25-17(28)14(10-31-18(21)22)24-15(26)7-8-30-19(23)29/h2-7,13-14,18H,8-11H2,1H3,(H2,23,29)(H,24,26)(H,25,28)/t13-,14-,20+/m0/s1. The Morgan fingerprint density at radius 1 is 1.19 bits per heavy atom. The Hall–Kier alpha value is -3.12. The van der Waals surface area contributed by atoms with Gasteiger partial charge in [-0.05, 0) is 18.9 Å². The number of halogens is 2. The summed E-state index contributed by atoms with van der Waals surface area (Å²) in [7, 11) is 0. The summed E-state index contributed by atoms with van der Waals surface area (Å²) in [6.45, 7) is -2.77. The third-order valence-corrected chi connectivity index (χ3v) is 4.53. The third kappa shape index (κ3) is 8.19. The smallest absolute Gasteiger partial charge is 0.404 e. The highest BCUT2D eigenvalue weighted by molar-refractivity contribution is 5.98. The SMILES string of the molecule is C[C@]1(C(=O)[C@H](Cc2ccccc2)NC(=O)[C@H](COC(F)F)NC(=O)[CH]COC(N)=O)CO1. The second kappa shape index (κ2) is 11.5. The van der Waals surface area contributed by atoms with Crippen LogP contribution in [0.2, 0.25) is 0 Å². The normalized spacial score (nSPS) is 19.0. The zero-order valence-corrected chi connectivity index (χ0v) is 17.2. The fraction of sp³-hybridized carbons (Fsp3) is 0.450. The van der Waals surface area contributed by atoms with Crippen molar-refractivity contribution in [3.63, 3.8) is 0 Å². The van der Waals surface area contributed by atoms with E-state index in [9.17, 15) is 28.0 Å². The van der Waals surface area contributed by atoms with E-state index in [-0.39, 0.29) is 13.0 Å². The van der Waals surface area contributed by atoms with E-state index in [1.807, 2.05) is 0 Å². The average molecular weight is 456 g/mol.